The molecule has 15 heteroatoms. The third-order valence-corrected chi connectivity index (χ3v) is 16.3. The molecule has 8 aliphatic rings. The number of carbonyl (C=O) groups is 2. The SMILES string of the molecule is CC(=O)O[C@H]1C[C@H](O[C@H]2[C@@H](O)CC(O[C@H]3[C@@H](O)C[C@@H](OC4CC(O)C5(C)C(CCC6C5CCC5(C)C(C7=CC(=O)OC7)CCC65O)C4)O[C@@H]3C)O[C@@H]2C)O[C@H](C)[C@H]1O. The molecule has 0 amide bonds. The molecule has 4 saturated carbocycles. The van der Waals surface area contributed by atoms with Gasteiger partial charge < -0.3 is 63.4 Å². The number of hydrogen-bond acceptors (Lipinski definition) is 15. The zero-order valence-electron chi connectivity index (χ0n) is 34.8. The van der Waals surface area contributed by atoms with Gasteiger partial charge in [0.05, 0.1) is 48.3 Å². The summed E-state index contributed by atoms with van der Waals surface area (Å²) in [5, 5.41) is 57.4. The zero-order chi connectivity index (χ0) is 41.5. The first-order valence-electron chi connectivity index (χ1n) is 21.8. The van der Waals surface area contributed by atoms with Gasteiger partial charge in [-0.15, -0.1) is 0 Å². The van der Waals surface area contributed by atoms with Crippen LogP contribution in [0.1, 0.15) is 112 Å². The van der Waals surface area contributed by atoms with Gasteiger partial charge in [-0.3, -0.25) is 4.79 Å². The highest BCUT2D eigenvalue weighted by Crippen LogP contribution is 2.70. The van der Waals surface area contributed by atoms with Gasteiger partial charge in [0.25, 0.3) is 0 Å². The van der Waals surface area contributed by atoms with E-state index in [9.17, 15) is 35.1 Å². The molecule has 0 radical (unpaired) electrons. The van der Waals surface area contributed by atoms with Crippen molar-refractivity contribution >= 4 is 11.9 Å². The Morgan fingerprint density at radius 3 is 1.98 bits per heavy atom. The topological polar surface area (TPSA) is 209 Å². The van der Waals surface area contributed by atoms with E-state index in [2.05, 4.69) is 13.8 Å². The number of fused-ring (bicyclic) bond motifs is 5. The molecule has 0 aromatic heterocycles. The first-order chi connectivity index (χ1) is 27.4. The maximum absolute atomic E-state index is 12.6. The third-order valence-electron chi connectivity index (χ3n) is 16.3. The van der Waals surface area contributed by atoms with Crippen LogP contribution in [-0.2, 0) is 47.5 Å². The van der Waals surface area contributed by atoms with E-state index in [1.807, 2.05) is 6.92 Å². The summed E-state index contributed by atoms with van der Waals surface area (Å²) < 4.78 is 47.6. The molecule has 4 heterocycles. The van der Waals surface area contributed by atoms with Crippen molar-refractivity contribution in [3.63, 3.8) is 0 Å². The Bertz CT molecular complexity index is 1530. The quantitative estimate of drug-likeness (QED) is 0.176. The second-order valence-electron chi connectivity index (χ2n) is 19.4. The van der Waals surface area contributed by atoms with E-state index >= 15 is 0 Å². The predicted molar refractivity (Wildman–Crippen MR) is 202 cm³/mol. The lowest BCUT2D eigenvalue weighted by molar-refractivity contribution is -0.337. The second-order valence-corrected chi connectivity index (χ2v) is 19.4. The van der Waals surface area contributed by atoms with Crippen molar-refractivity contribution in [3.8, 4) is 0 Å². The van der Waals surface area contributed by atoms with Gasteiger partial charge >= 0.3 is 11.9 Å². The standard InChI is InChI=1S/C43H66O15/c1-20-38(49)32(55-23(4)44)18-37(52-20)58-40-22(3)54-36(17-31(40)46)57-39-21(2)53-35(16-30(39)45)56-26-14-25-7-8-29-28(42(25,6)33(47)15-26)9-11-41(5)27(10-12-43(29,41)50)24-13-34(48)51-19-24/h13,20-22,25-33,35-40,45-47,49-50H,7-12,14-19H2,1-6H3/t20-,21-,22-,25?,26?,27?,28?,29?,30+,31+,32+,33?,35-,36?,37+,38-,39-,40-,41?,42?,43?/m1/s1. The van der Waals surface area contributed by atoms with Crippen molar-refractivity contribution in [1.82, 2.24) is 0 Å². The fourth-order valence-electron chi connectivity index (χ4n) is 13.1. The van der Waals surface area contributed by atoms with Crippen molar-refractivity contribution in [1.29, 1.82) is 0 Å². The fraction of sp³-hybridized carbons (Fsp3) is 0.907. The number of ether oxygens (including phenoxy) is 8. The summed E-state index contributed by atoms with van der Waals surface area (Å²) >= 11 is 0. The van der Waals surface area contributed by atoms with Crippen molar-refractivity contribution < 1.29 is 73.0 Å². The first kappa shape index (κ1) is 42.9. The molecule has 8 rings (SSSR count). The maximum Gasteiger partial charge on any atom is 0.331 e. The Kier molecular flexibility index (Phi) is 12.0. The van der Waals surface area contributed by atoms with Crippen molar-refractivity contribution in [2.75, 3.05) is 6.61 Å². The minimum Gasteiger partial charge on any atom is -0.459 e. The summed E-state index contributed by atoms with van der Waals surface area (Å²) in [4.78, 5) is 23.5. The number of aliphatic hydroxyl groups excluding tert-OH is 4. The largest absolute Gasteiger partial charge is 0.459 e. The lowest BCUT2D eigenvalue weighted by Gasteiger charge is -2.64. The van der Waals surface area contributed by atoms with Gasteiger partial charge in [0.15, 0.2) is 18.9 Å². The lowest BCUT2D eigenvalue weighted by atomic mass is 9.42. The molecule has 21 atom stereocenters. The molecule has 0 bridgehead atoms. The number of esters is 2. The number of carbonyl (C=O) groups excluding carboxylic acids is 2. The van der Waals surface area contributed by atoms with E-state index in [1.54, 1.807) is 19.9 Å². The summed E-state index contributed by atoms with van der Waals surface area (Å²) in [5.74, 6) is -0.246. The lowest BCUT2D eigenvalue weighted by Crippen LogP contribution is -2.65. The molecule has 4 aliphatic heterocycles. The van der Waals surface area contributed by atoms with Crippen LogP contribution < -0.4 is 0 Å². The number of rotatable bonds is 8. The predicted octanol–water partition coefficient (Wildman–Crippen LogP) is 2.79. The molecule has 58 heavy (non-hydrogen) atoms. The Hall–Kier alpha value is -1.76. The normalized spacial score (nSPS) is 53.2. The second kappa shape index (κ2) is 16.2. The van der Waals surface area contributed by atoms with Crippen LogP contribution in [0.5, 0.6) is 0 Å². The molecule has 4 aliphatic carbocycles. The number of aliphatic hydroxyl groups is 5. The molecule has 0 aromatic rings. The Balaban J connectivity index is 0.834. The van der Waals surface area contributed by atoms with E-state index in [4.69, 9.17) is 37.9 Å². The summed E-state index contributed by atoms with van der Waals surface area (Å²) in [5.41, 5.74) is -0.565. The van der Waals surface area contributed by atoms with Gasteiger partial charge in [0.2, 0.25) is 0 Å². The summed E-state index contributed by atoms with van der Waals surface area (Å²) in [6.45, 7) is 11.2. The van der Waals surface area contributed by atoms with Gasteiger partial charge in [0.1, 0.15) is 31.0 Å². The molecule has 15 nitrogen and oxygen atoms in total. The van der Waals surface area contributed by atoms with E-state index in [0.29, 0.717) is 19.4 Å². The molecule has 328 valence electrons. The summed E-state index contributed by atoms with van der Waals surface area (Å²) in [6.07, 6.45) is -2.18. The van der Waals surface area contributed by atoms with Gasteiger partial charge in [-0.1, -0.05) is 13.8 Å². The molecular weight excluding hydrogens is 756 g/mol. The highest BCUT2D eigenvalue weighted by Gasteiger charge is 2.69. The van der Waals surface area contributed by atoms with E-state index in [0.717, 1.165) is 44.1 Å². The Labute approximate surface area is 341 Å². The summed E-state index contributed by atoms with van der Waals surface area (Å²) in [6, 6.07) is 0. The van der Waals surface area contributed by atoms with Crippen molar-refractivity contribution in [2.24, 2.45) is 34.5 Å². The average molecular weight is 823 g/mol. The average Bonchev–Trinajstić information content (AvgIpc) is 3.69. The van der Waals surface area contributed by atoms with Crippen LogP contribution in [0.3, 0.4) is 0 Å². The van der Waals surface area contributed by atoms with Crippen LogP contribution >= 0.6 is 0 Å². The molecule has 0 aromatic carbocycles. The summed E-state index contributed by atoms with van der Waals surface area (Å²) in [7, 11) is 0. The zero-order valence-corrected chi connectivity index (χ0v) is 34.8. The molecule has 3 saturated heterocycles. The molecule has 10 unspecified atom stereocenters. The highest BCUT2D eigenvalue weighted by molar-refractivity contribution is 5.85. The van der Waals surface area contributed by atoms with Gasteiger partial charge in [-0.2, -0.15) is 0 Å². The molecular formula is C43H66O15. The number of hydrogen-bond donors (Lipinski definition) is 5. The minimum atomic E-state index is -1.00. The van der Waals surface area contributed by atoms with E-state index in [1.165, 1.54) is 6.92 Å². The highest BCUT2D eigenvalue weighted by atomic mass is 16.7. The van der Waals surface area contributed by atoms with Crippen LogP contribution in [0.4, 0.5) is 0 Å². The smallest absolute Gasteiger partial charge is 0.331 e. The Morgan fingerprint density at radius 1 is 0.759 bits per heavy atom. The van der Waals surface area contributed by atoms with Crippen molar-refractivity contribution in [3.05, 3.63) is 11.6 Å². The van der Waals surface area contributed by atoms with Crippen LogP contribution in [-0.4, -0.2) is 136 Å². The maximum atomic E-state index is 12.6. The monoisotopic (exact) mass is 822 g/mol. The fourth-order valence-corrected chi connectivity index (χ4v) is 13.1. The third kappa shape index (κ3) is 7.49. The minimum absolute atomic E-state index is 0.0659. The van der Waals surface area contributed by atoms with Crippen LogP contribution in [0.2, 0.25) is 0 Å². The van der Waals surface area contributed by atoms with Gasteiger partial charge in [-0.05, 0) is 100 Å². The van der Waals surface area contributed by atoms with Crippen LogP contribution in [0, 0.1) is 34.5 Å². The first-order valence-corrected chi connectivity index (χ1v) is 21.8. The number of cyclic esters (lactones) is 1. The van der Waals surface area contributed by atoms with Gasteiger partial charge in [0, 0.05) is 44.1 Å². The van der Waals surface area contributed by atoms with Crippen LogP contribution in [0.25, 0.3) is 0 Å². The van der Waals surface area contributed by atoms with Crippen LogP contribution in [0.15, 0.2) is 11.6 Å². The van der Waals surface area contributed by atoms with E-state index in [-0.39, 0.29) is 65.8 Å². The molecule has 0 spiro atoms. The molecule has 7 fully saturated rings. The van der Waals surface area contributed by atoms with E-state index < -0.39 is 91.5 Å². The Morgan fingerprint density at radius 2 is 1.38 bits per heavy atom. The van der Waals surface area contributed by atoms with Crippen molar-refractivity contribution in [2.45, 2.75) is 204 Å². The molecule has 5 N–H and O–H groups in total. The van der Waals surface area contributed by atoms with Gasteiger partial charge in [-0.25, -0.2) is 4.79 Å².